The van der Waals surface area contributed by atoms with Crippen molar-refractivity contribution in [3.63, 3.8) is 0 Å². The van der Waals surface area contributed by atoms with Gasteiger partial charge in [-0.1, -0.05) is 0 Å². The first kappa shape index (κ1) is 10.2. The van der Waals surface area contributed by atoms with Gasteiger partial charge in [-0.05, 0) is 6.92 Å². The van der Waals surface area contributed by atoms with Gasteiger partial charge >= 0.3 is 0 Å². The maximum Gasteiger partial charge on any atom is 0.230 e. The lowest BCUT2D eigenvalue weighted by Crippen LogP contribution is -2.30. The first-order chi connectivity index (χ1) is 6.65. The van der Waals surface area contributed by atoms with Crippen molar-refractivity contribution in [1.82, 2.24) is 15.0 Å². The van der Waals surface area contributed by atoms with Crippen LogP contribution in [0.1, 0.15) is 13.3 Å². The number of rotatable bonds is 3. The van der Waals surface area contributed by atoms with Crippen LogP contribution in [0.2, 0.25) is 0 Å². The fourth-order valence-corrected chi connectivity index (χ4v) is 0.936. The summed E-state index contributed by atoms with van der Waals surface area (Å²) in [6.07, 6.45) is 1.77. The van der Waals surface area contributed by atoms with Crippen LogP contribution in [0.25, 0.3) is 0 Å². The molecule has 1 aromatic heterocycles. The third-order valence-corrected chi connectivity index (χ3v) is 1.94. The first-order valence-corrected chi connectivity index (χ1v) is 4.19. The largest absolute Gasteiger partial charge is 0.368 e. The van der Waals surface area contributed by atoms with Gasteiger partial charge in [0, 0.05) is 13.1 Å². The number of hydrogen-bond donors (Lipinski definition) is 1. The molecule has 1 rings (SSSR count). The molecule has 0 radical (unpaired) electrons. The van der Waals surface area contributed by atoms with Crippen molar-refractivity contribution in [3.05, 3.63) is 6.33 Å². The van der Waals surface area contributed by atoms with Crippen LogP contribution < -0.4 is 10.6 Å². The van der Waals surface area contributed by atoms with Crippen LogP contribution in [-0.2, 0) is 0 Å². The second-order valence-corrected chi connectivity index (χ2v) is 2.97. The summed E-state index contributed by atoms with van der Waals surface area (Å²) < 4.78 is 0. The lowest BCUT2D eigenvalue weighted by molar-refractivity contribution is 0.681. The number of nitrogens with two attached hydrogens (primary N) is 1. The molecule has 14 heavy (non-hydrogen) atoms. The topological polar surface area (TPSA) is 91.7 Å². The van der Waals surface area contributed by atoms with Crippen LogP contribution in [0.5, 0.6) is 0 Å². The number of aromatic nitrogens is 3. The average molecular weight is 192 g/mol. The highest BCUT2D eigenvalue weighted by atomic mass is 15.3. The molecule has 0 aliphatic heterocycles. The van der Waals surface area contributed by atoms with Gasteiger partial charge in [0.1, 0.15) is 6.33 Å². The number of anilines is 2. The SMILES string of the molecule is CC(CC#N)N(C)c1ncnc(N)n1. The van der Waals surface area contributed by atoms with Crippen molar-refractivity contribution in [1.29, 1.82) is 5.26 Å². The zero-order valence-electron chi connectivity index (χ0n) is 8.18. The predicted molar refractivity (Wildman–Crippen MR) is 52.3 cm³/mol. The summed E-state index contributed by atoms with van der Waals surface area (Å²) in [6, 6.07) is 2.15. The number of nitriles is 1. The van der Waals surface area contributed by atoms with Gasteiger partial charge in [-0.3, -0.25) is 0 Å². The van der Waals surface area contributed by atoms with Gasteiger partial charge in [0.25, 0.3) is 0 Å². The molecule has 0 spiro atoms. The van der Waals surface area contributed by atoms with Gasteiger partial charge in [-0.15, -0.1) is 0 Å². The molecule has 74 valence electrons. The minimum Gasteiger partial charge on any atom is -0.368 e. The Balaban J connectivity index is 2.79. The molecule has 0 saturated heterocycles. The molecule has 1 unspecified atom stereocenters. The molecule has 6 nitrogen and oxygen atoms in total. The number of nitrogens with zero attached hydrogens (tertiary/aromatic N) is 5. The Morgan fingerprint density at radius 1 is 1.64 bits per heavy atom. The van der Waals surface area contributed by atoms with Gasteiger partial charge in [-0.25, -0.2) is 9.97 Å². The van der Waals surface area contributed by atoms with Gasteiger partial charge in [-0.2, -0.15) is 10.2 Å². The van der Waals surface area contributed by atoms with Crippen LogP contribution >= 0.6 is 0 Å². The Hall–Kier alpha value is -1.90. The minimum atomic E-state index is 0.0572. The molecule has 0 aromatic carbocycles. The van der Waals surface area contributed by atoms with E-state index in [1.54, 1.807) is 4.90 Å². The Morgan fingerprint density at radius 3 is 2.93 bits per heavy atom. The molecule has 6 heteroatoms. The number of nitrogen functional groups attached to an aromatic ring is 1. The van der Waals surface area contributed by atoms with Crippen molar-refractivity contribution in [2.45, 2.75) is 19.4 Å². The third kappa shape index (κ3) is 2.29. The van der Waals surface area contributed by atoms with Crippen molar-refractivity contribution in [2.75, 3.05) is 17.7 Å². The summed E-state index contributed by atoms with van der Waals surface area (Å²) in [5.41, 5.74) is 5.42. The van der Waals surface area contributed by atoms with E-state index in [0.717, 1.165) is 0 Å². The monoisotopic (exact) mass is 192 g/mol. The molecule has 1 aromatic rings. The molecule has 2 N–H and O–H groups in total. The summed E-state index contributed by atoms with van der Waals surface area (Å²) in [5, 5.41) is 8.53. The Kier molecular flexibility index (Phi) is 3.18. The smallest absolute Gasteiger partial charge is 0.230 e. The zero-order valence-corrected chi connectivity index (χ0v) is 8.18. The maximum atomic E-state index is 8.53. The molecular formula is C8H12N6. The molecule has 1 heterocycles. The summed E-state index contributed by atoms with van der Waals surface area (Å²) in [5.74, 6) is 0.672. The minimum absolute atomic E-state index is 0.0572. The van der Waals surface area contributed by atoms with Crippen molar-refractivity contribution < 1.29 is 0 Å². The van der Waals surface area contributed by atoms with Crippen molar-refractivity contribution in [2.24, 2.45) is 0 Å². The molecular weight excluding hydrogens is 180 g/mol. The van der Waals surface area contributed by atoms with E-state index in [4.69, 9.17) is 11.0 Å². The quantitative estimate of drug-likeness (QED) is 0.735. The highest BCUT2D eigenvalue weighted by molar-refractivity contribution is 5.33. The van der Waals surface area contributed by atoms with E-state index in [-0.39, 0.29) is 12.0 Å². The molecule has 0 bridgehead atoms. The average Bonchev–Trinajstić information content (AvgIpc) is 2.17. The predicted octanol–water partition coefficient (Wildman–Crippen LogP) is 0.192. The molecule has 1 atom stereocenters. The Morgan fingerprint density at radius 2 is 2.36 bits per heavy atom. The van der Waals surface area contributed by atoms with Gasteiger partial charge in [0.15, 0.2) is 0 Å². The Labute approximate surface area is 82.4 Å². The van der Waals surface area contributed by atoms with Crippen LogP contribution in [0.15, 0.2) is 6.33 Å². The van der Waals surface area contributed by atoms with E-state index in [1.807, 2.05) is 14.0 Å². The van der Waals surface area contributed by atoms with Gasteiger partial charge in [0.2, 0.25) is 11.9 Å². The highest BCUT2D eigenvalue weighted by Gasteiger charge is 2.12. The number of hydrogen-bond acceptors (Lipinski definition) is 6. The summed E-state index contributed by atoms with van der Waals surface area (Å²) in [7, 11) is 1.82. The Bertz CT molecular complexity index is 344. The third-order valence-electron chi connectivity index (χ3n) is 1.94. The van der Waals surface area contributed by atoms with Gasteiger partial charge < -0.3 is 10.6 Å². The maximum absolute atomic E-state index is 8.53. The summed E-state index contributed by atoms with van der Waals surface area (Å²) >= 11 is 0. The van der Waals surface area contributed by atoms with E-state index in [1.165, 1.54) is 6.33 Å². The highest BCUT2D eigenvalue weighted by Crippen LogP contribution is 2.09. The molecule has 0 amide bonds. The lowest BCUT2D eigenvalue weighted by Gasteiger charge is -2.22. The summed E-state index contributed by atoms with van der Waals surface area (Å²) in [6.45, 7) is 1.92. The molecule has 0 aliphatic rings. The fourth-order valence-electron chi connectivity index (χ4n) is 0.936. The van der Waals surface area contributed by atoms with Crippen molar-refractivity contribution >= 4 is 11.9 Å². The van der Waals surface area contributed by atoms with E-state index < -0.39 is 0 Å². The first-order valence-electron chi connectivity index (χ1n) is 4.19. The molecule has 0 saturated carbocycles. The van der Waals surface area contributed by atoms with E-state index >= 15 is 0 Å². The normalized spacial score (nSPS) is 11.8. The van der Waals surface area contributed by atoms with E-state index in [9.17, 15) is 0 Å². The second kappa shape index (κ2) is 4.37. The molecule has 0 aliphatic carbocycles. The van der Waals surface area contributed by atoms with Crippen LogP contribution in [-0.4, -0.2) is 28.0 Å². The van der Waals surface area contributed by atoms with E-state index in [0.29, 0.717) is 12.4 Å². The molecule has 0 fully saturated rings. The van der Waals surface area contributed by atoms with Crippen LogP contribution in [0, 0.1) is 11.3 Å². The van der Waals surface area contributed by atoms with Crippen LogP contribution in [0.3, 0.4) is 0 Å². The van der Waals surface area contributed by atoms with Gasteiger partial charge in [0.05, 0.1) is 12.5 Å². The van der Waals surface area contributed by atoms with E-state index in [2.05, 4.69) is 21.0 Å². The second-order valence-electron chi connectivity index (χ2n) is 2.97. The lowest BCUT2D eigenvalue weighted by atomic mass is 10.2. The fraction of sp³-hybridized carbons (Fsp3) is 0.500. The van der Waals surface area contributed by atoms with Crippen molar-refractivity contribution in [3.8, 4) is 6.07 Å². The van der Waals surface area contributed by atoms with Crippen LogP contribution in [0.4, 0.5) is 11.9 Å². The zero-order chi connectivity index (χ0) is 10.6. The standard InChI is InChI=1S/C8H12N6/c1-6(3-4-9)14(2)8-12-5-11-7(10)13-8/h5-6H,3H2,1-2H3,(H2,10,11,12,13). The summed E-state index contributed by atoms with van der Waals surface area (Å²) in [4.78, 5) is 13.4.